The van der Waals surface area contributed by atoms with Crippen LogP contribution in [0, 0.1) is 5.92 Å². The lowest BCUT2D eigenvalue weighted by molar-refractivity contribution is -0.137. The van der Waals surface area contributed by atoms with Gasteiger partial charge >= 0.3 is 6.18 Å². The highest BCUT2D eigenvalue weighted by atomic mass is 35.5. The second-order valence-corrected chi connectivity index (χ2v) is 6.63. The van der Waals surface area contributed by atoms with E-state index in [1.54, 1.807) is 24.3 Å². The van der Waals surface area contributed by atoms with Crippen molar-refractivity contribution in [3.05, 3.63) is 64.7 Å². The Morgan fingerprint density at radius 2 is 1.88 bits per heavy atom. The monoisotopic (exact) mass is 367 g/mol. The third-order valence-electron chi connectivity index (χ3n) is 4.64. The Kier molecular flexibility index (Phi) is 4.78. The van der Waals surface area contributed by atoms with E-state index in [4.69, 9.17) is 11.6 Å². The molecule has 3 rings (SSSR count). The number of hydrogen-bond donors (Lipinski definition) is 0. The average Bonchev–Trinajstić information content (AvgIpc) is 2.91. The maximum atomic E-state index is 13.0. The van der Waals surface area contributed by atoms with E-state index < -0.39 is 17.7 Å². The minimum absolute atomic E-state index is 0.0282. The van der Waals surface area contributed by atoms with Crippen molar-refractivity contribution < 1.29 is 18.0 Å². The zero-order chi connectivity index (χ0) is 18.2. The van der Waals surface area contributed by atoms with Crippen LogP contribution in [-0.2, 0) is 11.0 Å². The van der Waals surface area contributed by atoms with Crippen molar-refractivity contribution in [2.75, 3.05) is 11.4 Å². The van der Waals surface area contributed by atoms with Gasteiger partial charge in [-0.2, -0.15) is 13.2 Å². The van der Waals surface area contributed by atoms with E-state index in [1.165, 1.54) is 11.0 Å². The predicted octanol–water partition coefficient (Wildman–Crippen LogP) is 5.52. The molecule has 1 heterocycles. The summed E-state index contributed by atoms with van der Waals surface area (Å²) in [7, 11) is 0. The van der Waals surface area contributed by atoms with E-state index in [-0.39, 0.29) is 17.5 Å². The number of carbonyl (C=O) groups excluding carboxylic acids is 1. The van der Waals surface area contributed by atoms with E-state index in [0.29, 0.717) is 11.6 Å². The number of benzene rings is 2. The summed E-state index contributed by atoms with van der Waals surface area (Å²) < 4.78 is 38.9. The van der Waals surface area contributed by atoms with Crippen molar-refractivity contribution >= 4 is 23.2 Å². The van der Waals surface area contributed by atoms with Gasteiger partial charge in [-0.3, -0.25) is 4.79 Å². The molecule has 1 aliphatic heterocycles. The molecule has 2 aromatic rings. The number of nitrogens with zero attached hydrogens (tertiary/aromatic N) is 1. The van der Waals surface area contributed by atoms with Crippen molar-refractivity contribution in [3.8, 4) is 0 Å². The number of alkyl halides is 3. The zero-order valence-electron chi connectivity index (χ0n) is 13.6. The molecule has 2 aromatic carbocycles. The fraction of sp³-hybridized carbons (Fsp3) is 0.316. The van der Waals surface area contributed by atoms with Crippen LogP contribution in [0.5, 0.6) is 0 Å². The van der Waals surface area contributed by atoms with Gasteiger partial charge in [-0.05, 0) is 41.8 Å². The van der Waals surface area contributed by atoms with Gasteiger partial charge in [0.1, 0.15) is 0 Å². The van der Waals surface area contributed by atoms with Crippen LogP contribution in [-0.4, -0.2) is 12.5 Å². The first-order valence-corrected chi connectivity index (χ1v) is 8.43. The summed E-state index contributed by atoms with van der Waals surface area (Å²) in [5.41, 5.74) is 0.332. The molecule has 1 fully saturated rings. The van der Waals surface area contributed by atoms with Crippen LogP contribution >= 0.6 is 11.6 Å². The number of amides is 1. The van der Waals surface area contributed by atoms with Crippen molar-refractivity contribution in [1.29, 1.82) is 0 Å². The highest BCUT2D eigenvalue weighted by Crippen LogP contribution is 2.40. The fourth-order valence-corrected chi connectivity index (χ4v) is 3.56. The molecular weight excluding hydrogens is 351 g/mol. The third-order valence-corrected chi connectivity index (χ3v) is 4.87. The van der Waals surface area contributed by atoms with Gasteiger partial charge in [-0.15, -0.1) is 0 Å². The standard InChI is InChI=1S/C19H17ClF3NO/c1-2-12-11-24(16-8-4-6-14(10-16)19(21,22)23)18(25)17(12)13-5-3-7-15(20)9-13/h3-10,12,17H,2,11H2,1H3/t12-,17-/m1/s1. The summed E-state index contributed by atoms with van der Waals surface area (Å²) in [6.07, 6.45) is -3.69. The number of carbonyl (C=O) groups is 1. The molecule has 2 nitrogen and oxygen atoms in total. The van der Waals surface area contributed by atoms with Crippen LogP contribution in [0.4, 0.5) is 18.9 Å². The fourth-order valence-electron chi connectivity index (χ4n) is 3.36. The number of anilines is 1. The molecule has 1 saturated heterocycles. The molecule has 1 amide bonds. The smallest absolute Gasteiger partial charge is 0.312 e. The maximum absolute atomic E-state index is 13.0. The quantitative estimate of drug-likeness (QED) is 0.700. The summed E-state index contributed by atoms with van der Waals surface area (Å²) >= 11 is 6.04. The number of rotatable bonds is 3. The second kappa shape index (κ2) is 6.71. The van der Waals surface area contributed by atoms with Crippen molar-refractivity contribution in [3.63, 3.8) is 0 Å². The number of halogens is 4. The number of hydrogen-bond acceptors (Lipinski definition) is 1. The van der Waals surface area contributed by atoms with Crippen molar-refractivity contribution in [2.24, 2.45) is 5.92 Å². The van der Waals surface area contributed by atoms with Crippen LogP contribution in [0.3, 0.4) is 0 Å². The summed E-state index contributed by atoms with van der Waals surface area (Å²) in [5, 5.41) is 0.540. The van der Waals surface area contributed by atoms with Gasteiger partial charge in [0.2, 0.25) is 5.91 Å². The Labute approximate surface area is 149 Å². The van der Waals surface area contributed by atoms with E-state index in [0.717, 1.165) is 24.1 Å². The molecule has 0 unspecified atom stereocenters. The average molecular weight is 368 g/mol. The first-order valence-electron chi connectivity index (χ1n) is 8.05. The van der Waals surface area contributed by atoms with Gasteiger partial charge in [0, 0.05) is 17.3 Å². The second-order valence-electron chi connectivity index (χ2n) is 6.20. The van der Waals surface area contributed by atoms with Gasteiger partial charge in [0.05, 0.1) is 11.5 Å². The molecule has 25 heavy (non-hydrogen) atoms. The van der Waals surface area contributed by atoms with Crippen LogP contribution in [0.1, 0.15) is 30.4 Å². The van der Waals surface area contributed by atoms with E-state index >= 15 is 0 Å². The molecule has 0 bridgehead atoms. The normalized spacial score (nSPS) is 21.0. The maximum Gasteiger partial charge on any atom is 0.416 e. The van der Waals surface area contributed by atoms with Crippen LogP contribution in [0.2, 0.25) is 5.02 Å². The summed E-state index contributed by atoms with van der Waals surface area (Å²) in [6.45, 7) is 2.37. The predicted molar refractivity (Wildman–Crippen MR) is 91.8 cm³/mol. The molecule has 0 aliphatic carbocycles. The highest BCUT2D eigenvalue weighted by Gasteiger charge is 2.41. The lowest BCUT2D eigenvalue weighted by Gasteiger charge is -2.18. The first-order chi connectivity index (χ1) is 11.8. The molecule has 0 spiro atoms. The minimum atomic E-state index is -4.44. The Bertz CT molecular complexity index is 790. The summed E-state index contributed by atoms with van der Waals surface area (Å²) in [4.78, 5) is 14.4. The largest absolute Gasteiger partial charge is 0.416 e. The van der Waals surface area contributed by atoms with Crippen molar-refractivity contribution in [2.45, 2.75) is 25.4 Å². The van der Waals surface area contributed by atoms with Gasteiger partial charge in [0.15, 0.2) is 0 Å². The Balaban J connectivity index is 1.96. The molecule has 132 valence electrons. The Morgan fingerprint density at radius 3 is 2.52 bits per heavy atom. The van der Waals surface area contributed by atoms with E-state index in [1.807, 2.05) is 13.0 Å². The third kappa shape index (κ3) is 3.52. The highest BCUT2D eigenvalue weighted by molar-refractivity contribution is 6.30. The van der Waals surface area contributed by atoms with Crippen LogP contribution in [0.15, 0.2) is 48.5 Å². The topological polar surface area (TPSA) is 20.3 Å². The van der Waals surface area contributed by atoms with Crippen LogP contribution < -0.4 is 4.90 Å². The van der Waals surface area contributed by atoms with Crippen molar-refractivity contribution in [1.82, 2.24) is 0 Å². The molecule has 0 radical (unpaired) electrons. The van der Waals surface area contributed by atoms with Crippen LogP contribution in [0.25, 0.3) is 0 Å². The zero-order valence-corrected chi connectivity index (χ0v) is 14.3. The SMILES string of the molecule is CC[C@@H]1CN(c2cccc(C(F)(F)F)c2)C(=O)[C@H]1c1cccc(Cl)c1. The molecule has 0 aromatic heterocycles. The van der Waals surface area contributed by atoms with E-state index in [9.17, 15) is 18.0 Å². The van der Waals surface area contributed by atoms with Gasteiger partial charge in [-0.25, -0.2) is 0 Å². The van der Waals surface area contributed by atoms with Gasteiger partial charge in [0.25, 0.3) is 0 Å². The molecule has 6 heteroatoms. The molecule has 0 N–H and O–H groups in total. The van der Waals surface area contributed by atoms with Gasteiger partial charge in [-0.1, -0.05) is 43.1 Å². The molecule has 0 saturated carbocycles. The first kappa shape index (κ1) is 17.8. The lowest BCUT2D eigenvalue weighted by atomic mass is 9.87. The van der Waals surface area contributed by atoms with E-state index in [2.05, 4.69) is 0 Å². The molecule has 2 atom stereocenters. The van der Waals surface area contributed by atoms with Gasteiger partial charge < -0.3 is 4.90 Å². The molecule has 1 aliphatic rings. The Morgan fingerprint density at radius 1 is 1.16 bits per heavy atom. The molecular formula is C19H17ClF3NO. The Hall–Kier alpha value is -2.01. The lowest BCUT2D eigenvalue weighted by Crippen LogP contribution is -2.26. The summed E-state index contributed by atoms with van der Waals surface area (Å²) in [5.74, 6) is -0.549. The summed E-state index contributed by atoms with van der Waals surface area (Å²) in [6, 6.07) is 12.0. The minimum Gasteiger partial charge on any atom is -0.312 e.